The molecule has 148 valence electrons. The third-order valence-corrected chi connectivity index (χ3v) is 4.48. The first-order valence-electron chi connectivity index (χ1n) is 9.38. The second-order valence-corrected chi connectivity index (χ2v) is 7.29. The van der Waals surface area contributed by atoms with Gasteiger partial charge in [-0.15, -0.1) is 0 Å². The van der Waals surface area contributed by atoms with E-state index >= 15 is 0 Å². The molecular formula is C20H28N2O5. The molecule has 0 heterocycles. The number of aliphatic carboxylic acids is 1. The molecule has 7 heteroatoms. The van der Waals surface area contributed by atoms with E-state index in [2.05, 4.69) is 10.6 Å². The Hall–Kier alpha value is -2.57. The first kappa shape index (κ1) is 20.7. The highest BCUT2D eigenvalue weighted by Crippen LogP contribution is 2.25. The van der Waals surface area contributed by atoms with Gasteiger partial charge in [-0.25, -0.2) is 4.79 Å². The zero-order valence-corrected chi connectivity index (χ0v) is 15.9. The Labute approximate surface area is 159 Å². The SMILES string of the molecule is CC(C)C[C@H](NC(=O)CNC(=O)COc1ccc2c(c1)CCCC2)C(=O)O. The smallest absolute Gasteiger partial charge is 0.326 e. The standard InChI is InChI=1S/C20H28N2O5/c1-13(2)9-17(20(25)26)22-18(23)11-21-19(24)12-27-16-8-7-14-5-3-4-6-15(14)10-16/h7-8,10,13,17H,3-6,9,11-12H2,1-2H3,(H,21,24)(H,22,23)(H,25,26)/t17-/m0/s1. The average molecular weight is 376 g/mol. The Morgan fingerprint density at radius 1 is 1.11 bits per heavy atom. The lowest BCUT2D eigenvalue weighted by Crippen LogP contribution is -2.46. The van der Waals surface area contributed by atoms with E-state index in [0.717, 1.165) is 12.8 Å². The number of aryl methyl sites for hydroxylation is 2. The number of benzene rings is 1. The van der Waals surface area contributed by atoms with Crippen LogP contribution in [0.2, 0.25) is 0 Å². The summed E-state index contributed by atoms with van der Waals surface area (Å²) in [5, 5.41) is 14.0. The van der Waals surface area contributed by atoms with Crippen LogP contribution >= 0.6 is 0 Å². The predicted octanol–water partition coefficient (Wildman–Crippen LogP) is 1.68. The maximum Gasteiger partial charge on any atom is 0.326 e. The molecule has 27 heavy (non-hydrogen) atoms. The molecule has 0 aromatic heterocycles. The number of nitrogens with one attached hydrogen (secondary N) is 2. The normalized spacial score (nSPS) is 14.2. The number of ether oxygens (including phenoxy) is 1. The van der Waals surface area contributed by atoms with Gasteiger partial charge in [0.25, 0.3) is 5.91 Å². The molecule has 7 nitrogen and oxygen atoms in total. The molecule has 1 aliphatic carbocycles. The van der Waals surface area contributed by atoms with Crippen LogP contribution in [0, 0.1) is 5.92 Å². The minimum Gasteiger partial charge on any atom is -0.484 e. The number of fused-ring (bicyclic) bond motifs is 1. The van der Waals surface area contributed by atoms with Crippen molar-refractivity contribution >= 4 is 17.8 Å². The minimum atomic E-state index is -1.08. The Bertz CT molecular complexity index is 687. The summed E-state index contributed by atoms with van der Waals surface area (Å²) in [6.07, 6.45) is 4.81. The number of carboxylic acid groups (broad SMARTS) is 1. The van der Waals surface area contributed by atoms with Gasteiger partial charge in [0.15, 0.2) is 6.61 Å². The molecule has 1 aromatic rings. The molecule has 0 saturated carbocycles. The van der Waals surface area contributed by atoms with Gasteiger partial charge in [0.05, 0.1) is 6.54 Å². The summed E-state index contributed by atoms with van der Waals surface area (Å²) in [5.41, 5.74) is 2.60. The second kappa shape index (κ2) is 9.94. The van der Waals surface area contributed by atoms with Crippen LogP contribution in [0.4, 0.5) is 0 Å². The predicted molar refractivity (Wildman–Crippen MR) is 101 cm³/mol. The summed E-state index contributed by atoms with van der Waals surface area (Å²) >= 11 is 0. The van der Waals surface area contributed by atoms with Crippen LogP contribution < -0.4 is 15.4 Å². The first-order chi connectivity index (χ1) is 12.8. The van der Waals surface area contributed by atoms with Gasteiger partial charge in [0.2, 0.25) is 5.91 Å². The summed E-state index contributed by atoms with van der Waals surface area (Å²) in [5.74, 6) is -1.29. The molecular weight excluding hydrogens is 348 g/mol. The van der Waals surface area contributed by atoms with Crippen molar-refractivity contribution in [2.24, 2.45) is 5.92 Å². The van der Waals surface area contributed by atoms with E-state index < -0.39 is 23.8 Å². The molecule has 0 spiro atoms. The number of hydrogen-bond acceptors (Lipinski definition) is 4. The maximum absolute atomic E-state index is 11.9. The fraction of sp³-hybridized carbons (Fsp3) is 0.550. The van der Waals surface area contributed by atoms with Gasteiger partial charge in [0, 0.05) is 0 Å². The Balaban J connectivity index is 1.74. The van der Waals surface area contributed by atoms with Crippen molar-refractivity contribution < 1.29 is 24.2 Å². The highest BCUT2D eigenvalue weighted by molar-refractivity contribution is 5.88. The lowest BCUT2D eigenvalue weighted by atomic mass is 9.92. The Morgan fingerprint density at radius 2 is 1.81 bits per heavy atom. The van der Waals surface area contributed by atoms with E-state index in [1.54, 1.807) is 0 Å². The van der Waals surface area contributed by atoms with Crippen LogP contribution in [-0.4, -0.2) is 42.1 Å². The van der Waals surface area contributed by atoms with Crippen LogP contribution in [0.25, 0.3) is 0 Å². The zero-order chi connectivity index (χ0) is 19.8. The third-order valence-electron chi connectivity index (χ3n) is 4.48. The lowest BCUT2D eigenvalue weighted by molar-refractivity contribution is -0.142. The molecule has 2 amide bonds. The van der Waals surface area contributed by atoms with E-state index in [1.807, 2.05) is 32.0 Å². The summed E-state index contributed by atoms with van der Waals surface area (Å²) in [4.78, 5) is 34.9. The molecule has 1 atom stereocenters. The molecule has 2 rings (SSSR count). The second-order valence-electron chi connectivity index (χ2n) is 7.29. The van der Waals surface area contributed by atoms with Crippen LogP contribution in [0.3, 0.4) is 0 Å². The average Bonchev–Trinajstić information content (AvgIpc) is 2.63. The Kier molecular flexibility index (Phi) is 7.64. The monoisotopic (exact) mass is 376 g/mol. The highest BCUT2D eigenvalue weighted by atomic mass is 16.5. The van der Waals surface area contributed by atoms with E-state index in [1.165, 1.54) is 24.0 Å². The van der Waals surface area contributed by atoms with Crippen molar-refractivity contribution in [3.05, 3.63) is 29.3 Å². The number of carbonyl (C=O) groups is 3. The molecule has 1 aliphatic rings. The summed E-state index contributed by atoms with van der Waals surface area (Å²) in [6, 6.07) is 4.91. The first-order valence-corrected chi connectivity index (χ1v) is 9.38. The number of carbonyl (C=O) groups excluding carboxylic acids is 2. The number of carboxylic acids is 1. The van der Waals surface area contributed by atoms with Gasteiger partial charge in [-0.2, -0.15) is 0 Å². The molecule has 0 aliphatic heterocycles. The van der Waals surface area contributed by atoms with E-state index in [4.69, 9.17) is 9.84 Å². The summed E-state index contributed by atoms with van der Waals surface area (Å²) in [6.45, 7) is 3.28. The zero-order valence-electron chi connectivity index (χ0n) is 15.9. The molecule has 0 saturated heterocycles. The quantitative estimate of drug-likeness (QED) is 0.608. The molecule has 3 N–H and O–H groups in total. The number of rotatable bonds is 9. The van der Waals surface area contributed by atoms with Gasteiger partial charge in [-0.05, 0) is 61.3 Å². The van der Waals surface area contributed by atoms with Crippen molar-refractivity contribution in [3.8, 4) is 5.75 Å². The van der Waals surface area contributed by atoms with Crippen molar-refractivity contribution in [3.63, 3.8) is 0 Å². The lowest BCUT2D eigenvalue weighted by Gasteiger charge is -2.17. The Morgan fingerprint density at radius 3 is 2.48 bits per heavy atom. The summed E-state index contributed by atoms with van der Waals surface area (Å²) < 4.78 is 5.50. The van der Waals surface area contributed by atoms with E-state index in [0.29, 0.717) is 12.2 Å². The largest absolute Gasteiger partial charge is 0.484 e. The fourth-order valence-corrected chi connectivity index (χ4v) is 3.12. The third kappa shape index (κ3) is 6.92. The van der Waals surface area contributed by atoms with Gasteiger partial charge in [0.1, 0.15) is 11.8 Å². The molecule has 0 fully saturated rings. The topological polar surface area (TPSA) is 105 Å². The van der Waals surface area contributed by atoms with Crippen molar-refractivity contribution in [2.45, 2.75) is 52.0 Å². The van der Waals surface area contributed by atoms with Crippen LogP contribution in [0.5, 0.6) is 5.75 Å². The summed E-state index contributed by atoms with van der Waals surface area (Å²) in [7, 11) is 0. The molecule has 0 radical (unpaired) electrons. The van der Waals surface area contributed by atoms with Crippen molar-refractivity contribution in [1.29, 1.82) is 0 Å². The molecule has 0 bridgehead atoms. The van der Waals surface area contributed by atoms with Gasteiger partial charge in [-0.3, -0.25) is 9.59 Å². The highest BCUT2D eigenvalue weighted by Gasteiger charge is 2.21. The maximum atomic E-state index is 11.9. The van der Waals surface area contributed by atoms with Gasteiger partial charge in [-0.1, -0.05) is 19.9 Å². The molecule has 0 unspecified atom stereocenters. The molecule has 1 aromatic carbocycles. The van der Waals surface area contributed by atoms with Crippen LogP contribution in [0.1, 0.15) is 44.2 Å². The van der Waals surface area contributed by atoms with Crippen molar-refractivity contribution in [2.75, 3.05) is 13.2 Å². The van der Waals surface area contributed by atoms with E-state index in [9.17, 15) is 14.4 Å². The fourth-order valence-electron chi connectivity index (χ4n) is 3.12. The number of amides is 2. The van der Waals surface area contributed by atoms with Gasteiger partial charge >= 0.3 is 5.97 Å². The number of hydrogen-bond donors (Lipinski definition) is 3. The van der Waals surface area contributed by atoms with Crippen molar-refractivity contribution in [1.82, 2.24) is 10.6 Å². The van der Waals surface area contributed by atoms with Gasteiger partial charge < -0.3 is 20.5 Å². The van der Waals surface area contributed by atoms with E-state index in [-0.39, 0.29) is 19.1 Å². The van der Waals surface area contributed by atoms with Crippen LogP contribution in [0.15, 0.2) is 18.2 Å². The van der Waals surface area contributed by atoms with Crippen LogP contribution in [-0.2, 0) is 27.2 Å². The minimum absolute atomic E-state index is 0.131.